The summed E-state index contributed by atoms with van der Waals surface area (Å²) in [5.74, 6) is 0.617. The Hall–Kier alpha value is -1.62. The van der Waals surface area contributed by atoms with Crippen LogP contribution in [0.5, 0.6) is 5.75 Å². The van der Waals surface area contributed by atoms with Crippen molar-refractivity contribution in [2.75, 3.05) is 14.2 Å². The number of nitrogens with zero attached hydrogens (tertiary/aromatic N) is 1. The molecule has 2 N–H and O–H groups in total. The molecule has 0 aliphatic rings. The summed E-state index contributed by atoms with van der Waals surface area (Å²) in [5, 5.41) is 0. The summed E-state index contributed by atoms with van der Waals surface area (Å²) in [6.07, 6.45) is 0. The van der Waals surface area contributed by atoms with Crippen LogP contribution < -0.4 is 10.5 Å². The monoisotopic (exact) mass is 252 g/mol. The number of hydrogen-bond acceptors (Lipinski definition) is 3. The molecule has 0 bridgehead atoms. The van der Waals surface area contributed by atoms with Crippen LogP contribution in [0.25, 0.3) is 0 Å². The fourth-order valence-corrected chi connectivity index (χ4v) is 1.87. The zero-order chi connectivity index (χ0) is 13.0. The molecule has 4 nitrogen and oxygen atoms in total. The van der Waals surface area contributed by atoms with Crippen LogP contribution in [0.1, 0.15) is 18.5 Å². The molecule has 0 saturated heterocycles. The minimum atomic E-state index is -0.405. The van der Waals surface area contributed by atoms with Crippen molar-refractivity contribution < 1.29 is 9.53 Å². The lowest BCUT2D eigenvalue weighted by Crippen LogP contribution is -2.37. The second kappa shape index (κ2) is 5.63. The van der Waals surface area contributed by atoms with E-state index < -0.39 is 6.04 Å². The summed E-state index contributed by atoms with van der Waals surface area (Å²) in [5.41, 5.74) is 6.54. The summed E-state index contributed by atoms with van der Waals surface area (Å²) in [6, 6.07) is 6.95. The molecule has 0 saturated carbocycles. The van der Waals surface area contributed by atoms with E-state index in [1.165, 1.54) is 11.8 Å². The molecule has 0 heterocycles. The fourth-order valence-electron chi connectivity index (χ4n) is 1.57. The van der Waals surface area contributed by atoms with Gasteiger partial charge in [-0.25, -0.2) is 0 Å². The van der Waals surface area contributed by atoms with Gasteiger partial charge in [0.1, 0.15) is 16.8 Å². The molecule has 1 amide bonds. The molecule has 1 unspecified atom stereocenters. The van der Waals surface area contributed by atoms with Crippen LogP contribution >= 0.6 is 12.2 Å². The number of hydrogen-bond donors (Lipinski definition) is 1. The molecule has 17 heavy (non-hydrogen) atoms. The number of methoxy groups -OCH3 is 1. The normalized spacial score (nSPS) is 11.7. The summed E-state index contributed by atoms with van der Waals surface area (Å²) in [7, 11) is 3.26. The number of thiocarbonyl (C=S) groups is 1. The Morgan fingerprint density at radius 2 is 2.18 bits per heavy atom. The molecule has 0 radical (unpaired) electrons. The third-order valence-electron chi connectivity index (χ3n) is 2.56. The maximum atomic E-state index is 11.4. The number of likely N-dealkylation sites (N-methyl/N-ethyl adjacent to an activating group) is 1. The van der Waals surface area contributed by atoms with Crippen molar-refractivity contribution in [2.45, 2.75) is 13.0 Å². The molecule has 0 aliphatic heterocycles. The Bertz CT molecular complexity index is 434. The molecule has 1 aromatic carbocycles. The van der Waals surface area contributed by atoms with Crippen LogP contribution in [0.4, 0.5) is 0 Å². The molecule has 0 aromatic heterocycles. The van der Waals surface area contributed by atoms with Crippen molar-refractivity contribution in [1.29, 1.82) is 0 Å². The summed E-state index contributed by atoms with van der Waals surface area (Å²) in [6.45, 7) is 1.48. The molecule has 1 rings (SSSR count). The molecule has 0 spiro atoms. The third-order valence-corrected chi connectivity index (χ3v) is 2.79. The average molecular weight is 252 g/mol. The highest BCUT2D eigenvalue weighted by Gasteiger charge is 2.22. The maximum Gasteiger partial charge on any atom is 0.220 e. The lowest BCUT2D eigenvalue weighted by molar-refractivity contribution is -0.128. The van der Waals surface area contributed by atoms with E-state index in [9.17, 15) is 4.79 Å². The largest absolute Gasteiger partial charge is 0.497 e. The summed E-state index contributed by atoms with van der Waals surface area (Å²) in [4.78, 5) is 13.2. The van der Waals surface area contributed by atoms with E-state index in [4.69, 9.17) is 22.7 Å². The van der Waals surface area contributed by atoms with Gasteiger partial charge < -0.3 is 15.4 Å². The van der Waals surface area contributed by atoms with E-state index in [1.807, 2.05) is 24.3 Å². The van der Waals surface area contributed by atoms with E-state index >= 15 is 0 Å². The first-order valence-electron chi connectivity index (χ1n) is 5.14. The molecule has 0 fully saturated rings. The van der Waals surface area contributed by atoms with Gasteiger partial charge in [-0.1, -0.05) is 24.4 Å². The van der Waals surface area contributed by atoms with E-state index in [-0.39, 0.29) is 10.9 Å². The first-order valence-corrected chi connectivity index (χ1v) is 5.55. The second-order valence-electron chi connectivity index (χ2n) is 3.71. The van der Waals surface area contributed by atoms with Gasteiger partial charge in [-0.2, -0.15) is 0 Å². The number of carbonyl (C=O) groups is 1. The van der Waals surface area contributed by atoms with Gasteiger partial charge in [0, 0.05) is 14.0 Å². The van der Waals surface area contributed by atoms with Gasteiger partial charge in [-0.15, -0.1) is 0 Å². The van der Waals surface area contributed by atoms with Crippen molar-refractivity contribution in [3.63, 3.8) is 0 Å². The lowest BCUT2D eigenvalue weighted by Gasteiger charge is -2.26. The Kier molecular flexibility index (Phi) is 4.45. The Morgan fingerprint density at radius 1 is 1.53 bits per heavy atom. The number of rotatable bonds is 4. The summed E-state index contributed by atoms with van der Waals surface area (Å²) >= 11 is 5.02. The van der Waals surface area contributed by atoms with Crippen molar-refractivity contribution in [2.24, 2.45) is 5.73 Å². The Balaban J connectivity index is 3.13. The van der Waals surface area contributed by atoms with Gasteiger partial charge in [0.2, 0.25) is 5.91 Å². The highest BCUT2D eigenvalue weighted by atomic mass is 32.1. The Morgan fingerprint density at radius 3 is 2.65 bits per heavy atom. The highest BCUT2D eigenvalue weighted by Crippen LogP contribution is 2.23. The predicted octanol–water partition coefficient (Wildman–Crippen LogP) is 1.50. The third kappa shape index (κ3) is 3.17. The predicted molar refractivity (Wildman–Crippen MR) is 71.0 cm³/mol. The lowest BCUT2D eigenvalue weighted by atomic mass is 10.1. The van der Waals surface area contributed by atoms with Crippen LogP contribution in [-0.2, 0) is 4.79 Å². The van der Waals surface area contributed by atoms with Crippen LogP contribution in [-0.4, -0.2) is 30.0 Å². The molecule has 1 atom stereocenters. The van der Waals surface area contributed by atoms with Gasteiger partial charge in [0.15, 0.2) is 0 Å². The zero-order valence-electron chi connectivity index (χ0n) is 10.1. The van der Waals surface area contributed by atoms with E-state index in [1.54, 1.807) is 14.2 Å². The quantitative estimate of drug-likeness (QED) is 0.825. The average Bonchev–Trinajstić information content (AvgIpc) is 2.28. The van der Waals surface area contributed by atoms with E-state index in [0.29, 0.717) is 5.75 Å². The van der Waals surface area contributed by atoms with Crippen LogP contribution in [0.15, 0.2) is 24.3 Å². The fraction of sp³-hybridized carbons (Fsp3) is 0.333. The standard InChI is InChI=1S/C12H16N2O2S/c1-8(15)14(2)11(12(13)17)9-5-4-6-10(7-9)16-3/h4-7,11H,1-3H3,(H2,13,17). The van der Waals surface area contributed by atoms with Gasteiger partial charge in [0.05, 0.1) is 7.11 Å². The van der Waals surface area contributed by atoms with E-state index in [0.717, 1.165) is 5.56 Å². The number of ether oxygens (including phenoxy) is 1. The number of benzene rings is 1. The smallest absolute Gasteiger partial charge is 0.220 e. The first-order chi connectivity index (χ1) is 7.97. The number of nitrogens with two attached hydrogens (primary N) is 1. The van der Waals surface area contributed by atoms with Crippen LogP contribution in [0.3, 0.4) is 0 Å². The van der Waals surface area contributed by atoms with Gasteiger partial charge in [-0.3, -0.25) is 4.79 Å². The zero-order valence-corrected chi connectivity index (χ0v) is 11.0. The molecular formula is C12H16N2O2S. The molecule has 0 aliphatic carbocycles. The van der Waals surface area contributed by atoms with Gasteiger partial charge >= 0.3 is 0 Å². The number of amides is 1. The first kappa shape index (κ1) is 13.4. The Labute approximate surface area is 106 Å². The minimum Gasteiger partial charge on any atom is -0.497 e. The van der Waals surface area contributed by atoms with Gasteiger partial charge in [-0.05, 0) is 17.7 Å². The molecule has 1 aromatic rings. The van der Waals surface area contributed by atoms with Crippen molar-refractivity contribution in [3.05, 3.63) is 29.8 Å². The van der Waals surface area contributed by atoms with Gasteiger partial charge in [0.25, 0.3) is 0 Å². The number of carbonyl (C=O) groups excluding carboxylic acids is 1. The topological polar surface area (TPSA) is 55.6 Å². The van der Waals surface area contributed by atoms with Crippen molar-refractivity contribution in [1.82, 2.24) is 4.90 Å². The van der Waals surface area contributed by atoms with Crippen LogP contribution in [0, 0.1) is 0 Å². The van der Waals surface area contributed by atoms with Crippen LogP contribution in [0.2, 0.25) is 0 Å². The van der Waals surface area contributed by atoms with Crippen molar-refractivity contribution in [3.8, 4) is 5.75 Å². The molecule has 92 valence electrons. The second-order valence-corrected chi connectivity index (χ2v) is 4.18. The van der Waals surface area contributed by atoms with E-state index in [2.05, 4.69) is 0 Å². The highest BCUT2D eigenvalue weighted by molar-refractivity contribution is 7.80. The van der Waals surface area contributed by atoms with Crippen molar-refractivity contribution >= 4 is 23.1 Å². The summed E-state index contributed by atoms with van der Waals surface area (Å²) < 4.78 is 5.14. The maximum absolute atomic E-state index is 11.4. The SMILES string of the molecule is COc1cccc(C(C(N)=S)N(C)C(C)=O)c1. The minimum absolute atomic E-state index is 0.0920. The molecular weight excluding hydrogens is 236 g/mol. The molecule has 5 heteroatoms.